The van der Waals surface area contributed by atoms with Gasteiger partial charge in [-0.05, 0) is 25.8 Å². The van der Waals surface area contributed by atoms with Crippen molar-refractivity contribution < 1.29 is 4.79 Å². The van der Waals surface area contributed by atoms with Gasteiger partial charge in [-0.3, -0.25) is 4.79 Å². The van der Waals surface area contributed by atoms with Crippen molar-refractivity contribution in [3.63, 3.8) is 0 Å². The predicted molar refractivity (Wildman–Crippen MR) is 50.8 cm³/mol. The van der Waals surface area contributed by atoms with Crippen molar-refractivity contribution in [2.24, 2.45) is 5.73 Å². The first kappa shape index (κ1) is 11.4. The van der Waals surface area contributed by atoms with Crippen LogP contribution in [0.1, 0.15) is 39.0 Å². The van der Waals surface area contributed by atoms with Crippen molar-refractivity contribution in [1.82, 2.24) is 5.32 Å². The fraction of sp³-hybridized carbons (Fsp3) is 0.889. The second kappa shape index (κ2) is 8.53. The smallest absolute Gasteiger partial charge is 0.219 e. The summed E-state index contributed by atoms with van der Waals surface area (Å²) >= 11 is 0. The van der Waals surface area contributed by atoms with Crippen LogP contribution in [0.25, 0.3) is 0 Å². The van der Waals surface area contributed by atoms with Crippen LogP contribution in [0.5, 0.6) is 0 Å². The molecule has 0 heterocycles. The van der Waals surface area contributed by atoms with Crippen LogP contribution in [0, 0.1) is 0 Å². The number of hydrogen-bond acceptors (Lipinski definition) is 2. The molecule has 0 aromatic rings. The molecule has 12 heavy (non-hydrogen) atoms. The molecule has 0 atom stereocenters. The molecule has 0 bridgehead atoms. The Morgan fingerprint density at radius 3 is 2.67 bits per heavy atom. The van der Waals surface area contributed by atoms with Crippen molar-refractivity contribution in [2.45, 2.75) is 39.0 Å². The largest absolute Gasteiger partial charge is 0.356 e. The normalized spacial score (nSPS) is 9.83. The van der Waals surface area contributed by atoms with E-state index in [4.69, 9.17) is 5.73 Å². The molecule has 0 saturated carbocycles. The van der Waals surface area contributed by atoms with Gasteiger partial charge in [-0.15, -0.1) is 0 Å². The lowest BCUT2D eigenvalue weighted by Crippen LogP contribution is -2.23. The van der Waals surface area contributed by atoms with E-state index in [2.05, 4.69) is 5.32 Å². The number of nitrogens with two attached hydrogens (primary N) is 1. The van der Waals surface area contributed by atoms with Gasteiger partial charge in [0.25, 0.3) is 0 Å². The summed E-state index contributed by atoms with van der Waals surface area (Å²) in [6, 6.07) is 0. The number of carbonyl (C=O) groups excluding carboxylic acids is 1. The molecule has 0 aliphatic carbocycles. The first-order chi connectivity index (χ1) is 5.81. The Morgan fingerprint density at radius 2 is 2.08 bits per heavy atom. The van der Waals surface area contributed by atoms with Gasteiger partial charge in [0.1, 0.15) is 0 Å². The minimum absolute atomic E-state index is 0.172. The van der Waals surface area contributed by atoms with Crippen molar-refractivity contribution in [3.05, 3.63) is 0 Å². The lowest BCUT2D eigenvalue weighted by Gasteiger charge is -2.02. The average molecular weight is 172 g/mol. The lowest BCUT2D eigenvalue weighted by molar-refractivity contribution is -0.121. The molecule has 3 nitrogen and oxygen atoms in total. The summed E-state index contributed by atoms with van der Waals surface area (Å²) in [5, 5.41) is 2.86. The van der Waals surface area contributed by atoms with Crippen molar-refractivity contribution in [3.8, 4) is 0 Å². The van der Waals surface area contributed by atoms with E-state index >= 15 is 0 Å². The van der Waals surface area contributed by atoms with Crippen LogP contribution in [0.15, 0.2) is 0 Å². The molecule has 72 valence electrons. The standard InChI is InChI=1S/C9H20N2O/c1-2-6-9(12)11-8-5-3-4-7-10/h2-8,10H2,1H3,(H,11,12). The summed E-state index contributed by atoms with van der Waals surface area (Å²) in [5.41, 5.74) is 5.33. The van der Waals surface area contributed by atoms with Crippen molar-refractivity contribution in [2.75, 3.05) is 13.1 Å². The molecular weight excluding hydrogens is 152 g/mol. The summed E-state index contributed by atoms with van der Waals surface area (Å²) in [6.45, 7) is 3.57. The molecule has 3 heteroatoms. The Balaban J connectivity index is 3.03. The monoisotopic (exact) mass is 172 g/mol. The Bertz CT molecular complexity index is 115. The minimum Gasteiger partial charge on any atom is -0.356 e. The summed E-state index contributed by atoms with van der Waals surface area (Å²) in [4.78, 5) is 10.9. The van der Waals surface area contributed by atoms with Crippen LogP contribution < -0.4 is 11.1 Å². The topological polar surface area (TPSA) is 55.1 Å². The Morgan fingerprint density at radius 1 is 1.33 bits per heavy atom. The zero-order valence-corrected chi connectivity index (χ0v) is 7.94. The zero-order chi connectivity index (χ0) is 9.23. The molecule has 0 spiro atoms. The van der Waals surface area contributed by atoms with Gasteiger partial charge in [0.05, 0.1) is 0 Å². The highest BCUT2D eigenvalue weighted by atomic mass is 16.1. The Hall–Kier alpha value is -0.570. The predicted octanol–water partition coefficient (Wildman–Crippen LogP) is 1.03. The van der Waals surface area contributed by atoms with Crippen LogP contribution in [0.4, 0.5) is 0 Å². The zero-order valence-electron chi connectivity index (χ0n) is 7.94. The second-order valence-corrected chi connectivity index (χ2v) is 2.95. The van der Waals surface area contributed by atoms with Gasteiger partial charge in [0.15, 0.2) is 0 Å². The fourth-order valence-electron chi connectivity index (χ4n) is 0.989. The molecule has 0 rings (SSSR count). The van der Waals surface area contributed by atoms with Crippen LogP contribution in [0.2, 0.25) is 0 Å². The molecule has 0 saturated heterocycles. The van der Waals surface area contributed by atoms with Crippen LogP contribution in [-0.4, -0.2) is 19.0 Å². The molecule has 0 aromatic carbocycles. The third kappa shape index (κ3) is 7.54. The molecule has 1 amide bonds. The third-order valence-electron chi connectivity index (χ3n) is 1.68. The second-order valence-electron chi connectivity index (χ2n) is 2.95. The molecule has 3 N–H and O–H groups in total. The van der Waals surface area contributed by atoms with E-state index in [0.29, 0.717) is 6.42 Å². The quantitative estimate of drug-likeness (QED) is 0.564. The van der Waals surface area contributed by atoms with Crippen molar-refractivity contribution >= 4 is 5.91 Å². The van der Waals surface area contributed by atoms with E-state index in [1.54, 1.807) is 0 Å². The van der Waals surface area contributed by atoms with Gasteiger partial charge in [-0.25, -0.2) is 0 Å². The molecule has 0 aliphatic heterocycles. The first-order valence-electron chi connectivity index (χ1n) is 4.78. The van der Waals surface area contributed by atoms with E-state index in [-0.39, 0.29) is 5.91 Å². The van der Waals surface area contributed by atoms with Crippen LogP contribution in [-0.2, 0) is 4.79 Å². The Kier molecular flexibility index (Phi) is 8.12. The van der Waals surface area contributed by atoms with Gasteiger partial charge in [-0.1, -0.05) is 13.3 Å². The molecule has 0 radical (unpaired) electrons. The SMILES string of the molecule is CCCC(=O)NCCCCCN. The summed E-state index contributed by atoms with van der Waals surface area (Å²) in [7, 11) is 0. The van der Waals surface area contributed by atoms with Gasteiger partial charge in [-0.2, -0.15) is 0 Å². The maximum Gasteiger partial charge on any atom is 0.219 e. The maximum atomic E-state index is 10.9. The first-order valence-corrected chi connectivity index (χ1v) is 4.78. The highest BCUT2D eigenvalue weighted by Gasteiger charge is 1.96. The molecular formula is C9H20N2O. The highest BCUT2D eigenvalue weighted by molar-refractivity contribution is 5.75. The Labute approximate surface area is 74.7 Å². The molecule has 0 unspecified atom stereocenters. The highest BCUT2D eigenvalue weighted by Crippen LogP contribution is 1.92. The van der Waals surface area contributed by atoms with E-state index < -0.39 is 0 Å². The summed E-state index contributed by atoms with van der Waals surface area (Å²) < 4.78 is 0. The van der Waals surface area contributed by atoms with Crippen molar-refractivity contribution in [1.29, 1.82) is 0 Å². The number of carbonyl (C=O) groups is 1. The van der Waals surface area contributed by atoms with Gasteiger partial charge < -0.3 is 11.1 Å². The number of unbranched alkanes of at least 4 members (excludes halogenated alkanes) is 2. The van der Waals surface area contributed by atoms with Crippen LogP contribution >= 0.6 is 0 Å². The van der Waals surface area contributed by atoms with E-state index in [0.717, 1.165) is 38.8 Å². The number of amides is 1. The average Bonchev–Trinajstić information content (AvgIpc) is 2.05. The fourth-order valence-corrected chi connectivity index (χ4v) is 0.989. The minimum atomic E-state index is 0.172. The number of hydrogen-bond donors (Lipinski definition) is 2. The molecule has 0 aromatic heterocycles. The van der Waals surface area contributed by atoms with Gasteiger partial charge in [0, 0.05) is 13.0 Å². The number of rotatable bonds is 7. The molecule has 0 fully saturated rings. The summed E-state index contributed by atoms with van der Waals surface area (Å²) in [5.74, 6) is 0.172. The van der Waals surface area contributed by atoms with E-state index in [1.165, 1.54) is 0 Å². The van der Waals surface area contributed by atoms with Crippen LogP contribution in [0.3, 0.4) is 0 Å². The summed E-state index contributed by atoms with van der Waals surface area (Å²) in [6.07, 6.45) is 4.80. The maximum absolute atomic E-state index is 10.9. The van der Waals surface area contributed by atoms with Gasteiger partial charge in [0.2, 0.25) is 5.91 Å². The van der Waals surface area contributed by atoms with Gasteiger partial charge >= 0.3 is 0 Å². The van der Waals surface area contributed by atoms with E-state index in [9.17, 15) is 4.79 Å². The molecule has 0 aliphatic rings. The lowest BCUT2D eigenvalue weighted by atomic mass is 10.2. The van der Waals surface area contributed by atoms with E-state index in [1.807, 2.05) is 6.92 Å². The third-order valence-corrected chi connectivity index (χ3v) is 1.68. The number of nitrogens with one attached hydrogen (secondary N) is 1.